The Morgan fingerprint density at radius 2 is 1.85 bits per heavy atom. The first kappa shape index (κ1) is 15.3. The zero-order chi connectivity index (χ0) is 9.83. The summed E-state index contributed by atoms with van der Waals surface area (Å²) in [5, 5.41) is 0. The molecule has 0 heterocycles. The van der Waals surface area contributed by atoms with Crippen LogP contribution in [0.3, 0.4) is 0 Å². The summed E-state index contributed by atoms with van der Waals surface area (Å²) in [6.07, 6.45) is 0. The highest BCUT2D eigenvalue weighted by Gasteiger charge is 2.21. The van der Waals surface area contributed by atoms with Crippen LogP contribution in [0.25, 0.3) is 0 Å². The summed E-state index contributed by atoms with van der Waals surface area (Å²) in [5.41, 5.74) is -1.09. The fourth-order valence-corrected chi connectivity index (χ4v) is 1.25. The van der Waals surface area contributed by atoms with Crippen LogP contribution in [0.1, 0.15) is 20.8 Å². The van der Waals surface area contributed by atoms with Crippen LogP contribution in [-0.2, 0) is 19.3 Å². The zero-order valence-corrected chi connectivity index (χ0v) is 9.18. The molecule has 0 spiro atoms. The van der Waals surface area contributed by atoms with Gasteiger partial charge in [-0.3, -0.25) is 4.18 Å². The van der Waals surface area contributed by atoms with Crippen molar-refractivity contribution in [2.24, 2.45) is 0 Å². The smallest absolute Gasteiger partial charge is 0.218 e. The summed E-state index contributed by atoms with van der Waals surface area (Å²) in [4.78, 5) is 0. The molecule has 4 N–H and O–H groups in total. The van der Waals surface area contributed by atoms with E-state index in [-0.39, 0.29) is 12.8 Å². The van der Waals surface area contributed by atoms with E-state index in [0.29, 0.717) is 6.61 Å². The predicted octanol–water partition coefficient (Wildman–Crippen LogP) is 0.655. The van der Waals surface area contributed by atoms with Crippen LogP contribution in [0, 0.1) is 0 Å². The first-order chi connectivity index (χ1) is 5.27. The molecule has 6 nitrogen and oxygen atoms in total. The highest BCUT2D eigenvalue weighted by atomic mass is 32.3. The van der Waals surface area contributed by atoms with Gasteiger partial charge in [-0.15, -0.1) is 0 Å². The monoisotopic (exact) mass is 215 g/mol. The van der Waals surface area contributed by atoms with Crippen molar-refractivity contribution in [1.82, 2.24) is 6.15 Å². The molecule has 13 heavy (non-hydrogen) atoms. The summed E-state index contributed by atoms with van der Waals surface area (Å²) in [7, 11) is -4.64. The fraction of sp³-hybridized carbons (Fsp3) is 1.00. The molecule has 0 aromatic rings. The number of hydrogen-bond donors (Lipinski definition) is 1. The van der Waals surface area contributed by atoms with E-state index in [1.165, 1.54) is 13.8 Å². The van der Waals surface area contributed by atoms with Crippen molar-refractivity contribution in [3.63, 3.8) is 0 Å². The van der Waals surface area contributed by atoms with Gasteiger partial charge in [-0.05, 0) is 20.8 Å². The maximum atomic E-state index is 10.2. The van der Waals surface area contributed by atoms with Gasteiger partial charge in [-0.1, -0.05) is 0 Å². The van der Waals surface area contributed by atoms with Gasteiger partial charge in [0.25, 0.3) is 0 Å². The number of hydrogen-bond acceptors (Lipinski definition) is 5. The van der Waals surface area contributed by atoms with E-state index in [1.807, 2.05) is 0 Å². The summed E-state index contributed by atoms with van der Waals surface area (Å²) >= 11 is 0. The molecule has 0 aliphatic rings. The second-order valence-electron chi connectivity index (χ2n) is 2.89. The largest absolute Gasteiger partial charge is 0.726 e. The number of ether oxygens (including phenoxy) is 1. The van der Waals surface area contributed by atoms with Crippen LogP contribution in [0.15, 0.2) is 0 Å². The van der Waals surface area contributed by atoms with Crippen molar-refractivity contribution in [2.45, 2.75) is 26.4 Å². The lowest BCUT2D eigenvalue weighted by atomic mass is 10.2. The Morgan fingerprint density at radius 1 is 1.38 bits per heavy atom. The van der Waals surface area contributed by atoms with E-state index in [2.05, 4.69) is 4.18 Å². The van der Waals surface area contributed by atoms with Gasteiger partial charge in [0.1, 0.15) is 5.60 Å². The Hall–Kier alpha value is -0.210. The molecule has 7 heteroatoms. The molecule has 0 saturated heterocycles. The fourth-order valence-electron chi connectivity index (χ4n) is 0.648. The first-order valence-corrected chi connectivity index (χ1v) is 4.84. The molecule has 0 amide bonds. The van der Waals surface area contributed by atoms with Crippen molar-refractivity contribution < 1.29 is 21.9 Å². The predicted molar refractivity (Wildman–Crippen MR) is 47.3 cm³/mol. The van der Waals surface area contributed by atoms with Gasteiger partial charge in [0, 0.05) is 6.61 Å². The standard InChI is InChI=1S/C6H14O5S.H3N/c1-4-10-5-6(2,3)11-12(7,8)9;/h4-5H2,1-3H3,(H,7,8,9);1H3. The maximum Gasteiger partial charge on any atom is 0.218 e. The molecule has 0 aromatic carbocycles. The molecule has 0 aromatic heterocycles. The highest BCUT2D eigenvalue weighted by molar-refractivity contribution is 7.80. The van der Waals surface area contributed by atoms with Crippen LogP contribution < -0.4 is 6.15 Å². The molecule has 0 radical (unpaired) electrons. The molecular formula is C6H17NO5S. The summed E-state index contributed by atoms with van der Waals surface area (Å²) in [6.45, 7) is 5.23. The van der Waals surface area contributed by atoms with Crippen molar-refractivity contribution in [3.8, 4) is 0 Å². The minimum absolute atomic E-state index is 0. The van der Waals surface area contributed by atoms with Crippen molar-refractivity contribution >= 4 is 10.4 Å². The van der Waals surface area contributed by atoms with Crippen molar-refractivity contribution in [3.05, 3.63) is 0 Å². The lowest BCUT2D eigenvalue weighted by Crippen LogP contribution is -2.33. The van der Waals surface area contributed by atoms with Gasteiger partial charge in [0.05, 0.1) is 6.61 Å². The minimum atomic E-state index is -4.64. The Morgan fingerprint density at radius 3 is 2.15 bits per heavy atom. The Bertz CT molecular complexity index is 223. The molecule has 82 valence electrons. The first-order valence-electron chi connectivity index (χ1n) is 3.51. The number of quaternary nitrogens is 1. The van der Waals surface area contributed by atoms with Crippen LogP contribution in [0.2, 0.25) is 0 Å². The highest BCUT2D eigenvalue weighted by Crippen LogP contribution is 2.12. The van der Waals surface area contributed by atoms with Gasteiger partial charge in [0.15, 0.2) is 0 Å². The average Bonchev–Trinajstić information content (AvgIpc) is 1.78. The van der Waals surface area contributed by atoms with Gasteiger partial charge < -0.3 is 15.4 Å². The van der Waals surface area contributed by atoms with Crippen LogP contribution in [0.4, 0.5) is 0 Å². The topological polar surface area (TPSA) is 112 Å². The molecule has 0 aliphatic carbocycles. The van der Waals surface area contributed by atoms with E-state index >= 15 is 0 Å². The molecule has 0 atom stereocenters. The lowest BCUT2D eigenvalue weighted by molar-refractivity contribution is -0.00200. The summed E-state index contributed by atoms with van der Waals surface area (Å²) in [5.74, 6) is 0. The van der Waals surface area contributed by atoms with E-state index in [1.54, 1.807) is 6.92 Å². The third-order valence-electron chi connectivity index (χ3n) is 0.981. The molecule has 0 aliphatic heterocycles. The molecule has 0 unspecified atom stereocenters. The van der Waals surface area contributed by atoms with Crippen LogP contribution >= 0.6 is 0 Å². The van der Waals surface area contributed by atoms with E-state index in [9.17, 15) is 13.0 Å². The van der Waals surface area contributed by atoms with Gasteiger partial charge in [0.2, 0.25) is 10.4 Å². The average molecular weight is 215 g/mol. The number of rotatable bonds is 5. The van der Waals surface area contributed by atoms with Gasteiger partial charge >= 0.3 is 0 Å². The van der Waals surface area contributed by atoms with Crippen molar-refractivity contribution in [1.29, 1.82) is 0 Å². The Balaban J connectivity index is 0. The molecular weight excluding hydrogens is 198 g/mol. The van der Waals surface area contributed by atoms with E-state index < -0.39 is 16.0 Å². The SMILES string of the molecule is CCOCC(C)(C)OS(=O)(=O)[O-].[NH4+]. The Kier molecular flexibility index (Phi) is 6.47. The van der Waals surface area contributed by atoms with Crippen molar-refractivity contribution in [2.75, 3.05) is 13.2 Å². The normalized spacial score (nSPS) is 12.3. The van der Waals surface area contributed by atoms with Gasteiger partial charge in [-0.25, -0.2) is 8.42 Å². The van der Waals surface area contributed by atoms with Crippen LogP contribution in [-0.4, -0.2) is 31.8 Å². The summed E-state index contributed by atoms with van der Waals surface area (Å²) < 4.78 is 39.7. The zero-order valence-electron chi connectivity index (χ0n) is 8.36. The second-order valence-corrected chi connectivity index (χ2v) is 3.87. The molecule has 0 fully saturated rings. The Labute approximate surface area is 78.8 Å². The molecule has 0 saturated carbocycles. The van der Waals surface area contributed by atoms with Crippen LogP contribution in [0.5, 0.6) is 0 Å². The summed E-state index contributed by atoms with van der Waals surface area (Å²) in [6, 6.07) is 0. The van der Waals surface area contributed by atoms with Gasteiger partial charge in [-0.2, -0.15) is 0 Å². The minimum Gasteiger partial charge on any atom is -0.726 e. The van der Waals surface area contributed by atoms with E-state index in [0.717, 1.165) is 0 Å². The quantitative estimate of drug-likeness (QED) is 0.534. The molecule has 0 bridgehead atoms. The lowest BCUT2D eigenvalue weighted by Gasteiger charge is -2.25. The second kappa shape index (κ2) is 5.51. The third kappa shape index (κ3) is 9.71. The third-order valence-corrected chi connectivity index (χ3v) is 1.64. The molecule has 0 rings (SSSR count). The maximum absolute atomic E-state index is 10.2. The van der Waals surface area contributed by atoms with E-state index in [4.69, 9.17) is 4.74 Å².